The molecule has 2 rings (SSSR count). The Kier molecular flexibility index (Phi) is 7.92. The van der Waals surface area contributed by atoms with Crippen LogP contribution < -0.4 is 0 Å². The topological polar surface area (TPSA) is 29.5 Å². The number of hydrogen-bond donors (Lipinski definition) is 1. The van der Waals surface area contributed by atoms with Crippen LogP contribution in [0.1, 0.15) is 31.9 Å². The van der Waals surface area contributed by atoms with Crippen molar-refractivity contribution in [1.29, 1.82) is 0 Å². The third-order valence-corrected chi connectivity index (χ3v) is 8.89. The van der Waals surface area contributed by atoms with Gasteiger partial charge in [-0.15, -0.1) is 0 Å². The highest BCUT2D eigenvalue weighted by Gasteiger charge is 2.36. The minimum atomic E-state index is -1.70. The van der Waals surface area contributed by atoms with Gasteiger partial charge in [-0.05, 0) is 53.5 Å². The highest BCUT2D eigenvalue weighted by atomic mass is 28.4. The van der Waals surface area contributed by atoms with Gasteiger partial charge in [-0.3, -0.25) is 0 Å². The van der Waals surface area contributed by atoms with E-state index in [9.17, 15) is 8.78 Å². The fourth-order valence-corrected chi connectivity index (χ4v) is 2.61. The molecule has 138 valence electrons. The molecule has 0 saturated heterocycles. The predicted octanol–water partition coefficient (Wildman–Crippen LogP) is 5.67. The van der Waals surface area contributed by atoms with Gasteiger partial charge in [0.1, 0.15) is 11.6 Å². The molecule has 0 unspecified atom stereocenters. The summed E-state index contributed by atoms with van der Waals surface area (Å²) in [4.78, 5) is 0. The van der Waals surface area contributed by atoms with Gasteiger partial charge >= 0.3 is 0 Å². The van der Waals surface area contributed by atoms with E-state index in [2.05, 4.69) is 33.9 Å². The van der Waals surface area contributed by atoms with Crippen molar-refractivity contribution in [1.82, 2.24) is 0 Å². The maximum Gasteiger partial charge on any atom is 0.192 e. The first kappa shape index (κ1) is 21.5. The fourth-order valence-electron chi connectivity index (χ4n) is 1.65. The van der Waals surface area contributed by atoms with Crippen LogP contribution in [-0.4, -0.2) is 13.4 Å². The van der Waals surface area contributed by atoms with Crippen LogP contribution in [0.15, 0.2) is 48.5 Å². The van der Waals surface area contributed by atoms with Crippen molar-refractivity contribution in [2.75, 3.05) is 0 Å². The predicted molar refractivity (Wildman–Crippen MR) is 101 cm³/mol. The largest absolute Gasteiger partial charge is 0.413 e. The summed E-state index contributed by atoms with van der Waals surface area (Å²) in [5.74, 6) is -0.469. The van der Waals surface area contributed by atoms with Crippen LogP contribution >= 0.6 is 0 Å². The van der Waals surface area contributed by atoms with E-state index in [-0.39, 0.29) is 23.3 Å². The molecule has 0 fully saturated rings. The summed E-state index contributed by atoms with van der Waals surface area (Å²) < 4.78 is 30.9. The van der Waals surface area contributed by atoms with Crippen molar-refractivity contribution in [2.45, 2.75) is 52.1 Å². The van der Waals surface area contributed by atoms with Crippen molar-refractivity contribution in [3.05, 3.63) is 71.3 Å². The van der Waals surface area contributed by atoms with Crippen LogP contribution in [0.3, 0.4) is 0 Å². The average Bonchev–Trinajstić information content (AvgIpc) is 2.55. The average molecular weight is 367 g/mol. The maximum atomic E-state index is 12.7. The van der Waals surface area contributed by atoms with Gasteiger partial charge in [0.05, 0.1) is 13.2 Å². The van der Waals surface area contributed by atoms with Crippen LogP contribution in [-0.2, 0) is 17.6 Å². The SMILES string of the molecule is CC(C)(C)[Si](C)(C)OCc1ccc(F)cc1.OCc1ccc(F)cc1. The first-order chi connectivity index (χ1) is 11.5. The molecular formula is C20H28F2O2Si. The summed E-state index contributed by atoms with van der Waals surface area (Å²) >= 11 is 0. The Balaban J connectivity index is 0.000000293. The van der Waals surface area contributed by atoms with Crippen LogP contribution in [0.2, 0.25) is 18.1 Å². The lowest BCUT2D eigenvalue weighted by atomic mass is 10.2. The Labute approximate surface area is 150 Å². The molecule has 5 heteroatoms. The van der Waals surface area contributed by atoms with E-state index < -0.39 is 8.32 Å². The van der Waals surface area contributed by atoms with E-state index >= 15 is 0 Å². The Bertz CT molecular complexity index is 632. The minimum Gasteiger partial charge on any atom is -0.413 e. The second-order valence-corrected chi connectivity index (χ2v) is 12.3. The first-order valence-electron chi connectivity index (χ1n) is 8.29. The Morgan fingerprint density at radius 1 is 0.840 bits per heavy atom. The van der Waals surface area contributed by atoms with E-state index in [4.69, 9.17) is 9.53 Å². The summed E-state index contributed by atoms with van der Waals surface area (Å²) in [6.07, 6.45) is 0. The monoisotopic (exact) mass is 366 g/mol. The Morgan fingerprint density at radius 2 is 1.24 bits per heavy atom. The molecule has 1 N–H and O–H groups in total. The zero-order chi connectivity index (χ0) is 19.1. The molecule has 0 atom stereocenters. The van der Waals surface area contributed by atoms with Gasteiger partial charge in [-0.1, -0.05) is 45.0 Å². The standard InChI is InChI=1S/C13H21FOSi.C7H7FO/c1-13(2,3)16(4,5)15-10-11-6-8-12(14)9-7-11;8-7-3-1-6(5-9)2-4-7/h6-9H,10H2,1-5H3;1-4,9H,5H2. The van der Waals surface area contributed by atoms with Gasteiger partial charge < -0.3 is 9.53 Å². The van der Waals surface area contributed by atoms with Gasteiger partial charge in [-0.2, -0.15) is 0 Å². The summed E-state index contributed by atoms with van der Waals surface area (Å²) in [6.45, 7) is 11.6. The lowest BCUT2D eigenvalue weighted by molar-refractivity contribution is 0.276. The quantitative estimate of drug-likeness (QED) is 0.707. The molecule has 0 radical (unpaired) electrons. The third kappa shape index (κ3) is 7.46. The summed E-state index contributed by atoms with van der Waals surface area (Å²) in [6, 6.07) is 12.3. The number of rotatable bonds is 4. The molecule has 2 nitrogen and oxygen atoms in total. The van der Waals surface area contributed by atoms with E-state index in [1.165, 1.54) is 24.3 Å². The normalized spacial score (nSPS) is 11.7. The Hall–Kier alpha value is -1.56. The lowest BCUT2D eigenvalue weighted by Gasteiger charge is -2.36. The van der Waals surface area contributed by atoms with Crippen molar-refractivity contribution >= 4 is 8.32 Å². The zero-order valence-corrected chi connectivity index (χ0v) is 16.6. The molecule has 25 heavy (non-hydrogen) atoms. The lowest BCUT2D eigenvalue weighted by Crippen LogP contribution is -2.40. The molecule has 2 aromatic rings. The minimum absolute atomic E-state index is 0.0275. The number of benzene rings is 2. The van der Waals surface area contributed by atoms with Gasteiger partial charge in [0.2, 0.25) is 0 Å². The Morgan fingerprint density at radius 3 is 1.60 bits per heavy atom. The molecule has 0 spiro atoms. The summed E-state index contributed by atoms with van der Waals surface area (Å²) in [5, 5.41) is 8.72. The summed E-state index contributed by atoms with van der Waals surface area (Å²) in [7, 11) is -1.70. The number of aliphatic hydroxyl groups excluding tert-OH is 1. The molecule has 0 bridgehead atoms. The fraction of sp³-hybridized carbons (Fsp3) is 0.400. The van der Waals surface area contributed by atoms with Crippen LogP contribution in [0.5, 0.6) is 0 Å². The van der Waals surface area contributed by atoms with E-state index in [0.717, 1.165) is 11.1 Å². The summed E-state index contributed by atoms with van der Waals surface area (Å²) in [5.41, 5.74) is 1.77. The second-order valence-electron chi connectivity index (χ2n) is 7.46. The molecular weight excluding hydrogens is 338 g/mol. The smallest absolute Gasteiger partial charge is 0.192 e. The van der Waals surface area contributed by atoms with Gasteiger partial charge in [0.15, 0.2) is 8.32 Å². The van der Waals surface area contributed by atoms with Gasteiger partial charge in [-0.25, -0.2) is 8.78 Å². The molecule has 0 heterocycles. The van der Waals surface area contributed by atoms with Crippen LogP contribution in [0.4, 0.5) is 8.78 Å². The van der Waals surface area contributed by atoms with E-state index in [1.54, 1.807) is 24.3 Å². The van der Waals surface area contributed by atoms with E-state index in [1.807, 2.05) is 0 Å². The van der Waals surface area contributed by atoms with Gasteiger partial charge in [0.25, 0.3) is 0 Å². The van der Waals surface area contributed by atoms with Crippen LogP contribution in [0, 0.1) is 11.6 Å². The molecule has 0 aromatic heterocycles. The number of halogens is 2. The molecule has 0 aliphatic rings. The van der Waals surface area contributed by atoms with Crippen molar-refractivity contribution in [2.24, 2.45) is 0 Å². The first-order valence-corrected chi connectivity index (χ1v) is 11.2. The third-order valence-electron chi connectivity index (χ3n) is 4.41. The molecule has 2 aromatic carbocycles. The number of aliphatic hydroxyl groups is 1. The molecule has 0 aliphatic heterocycles. The molecule has 0 aliphatic carbocycles. The maximum absolute atomic E-state index is 12.7. The molecule has 0 saturated carbocycles. The highest BCUT2D eigenvalue weighted by molar-refractivity contribution is 6.74. The second kappa shape index (κ2) is 9.22. The van der Waals surface area contributed by atoms with Crippen molar-refractivity contribution < 1.29 is 18.3 Å². The molecule has 0 amide bonds. The van der Waals surface area contributed by atoms with E-state index in [0.29, 0.717) is 6.61 Å². The van der Waals surface area contributed by atoms with Crippen molar-refractivity contribution in [3.63, 3.8) is 0 Å². The van der Waals surface area contributed by atoms with Crippen molar-refractivity contribution in [3.8, 4) is 0 Å². The highest BCUT2D eigenvalue weighted by Crippen LogP contribution is 2.37. The zero-order valence-electron chi connectivity index (χ0n) is 15.6. The number of hydrogen-bond acceptors (Lipinski definition) is 2. The van der Waals surface area contributed by atoms with Gasteiger partial charge in [0, 0.05) is 0 Å². The van der Waals surface area contributed by atoms with Crippen LogP contribution in [0.25, 0.3) is 0 Å².